The molecule has 0 saturated heterocycles. The summed E-state index contributed by atoms with van der Waals surface area (Å²) < 4.78 is 0. The molecule has 0 aliphatic rings. The number of nitrogens with one attached hydrogen (secondary N) is 1. The van der Waals surface area contributed by atoms with Crippen molar-refractivity contribution in [3.8, 4) is 0 Å². The largest absolute Gasteiger partial charge is 0.324 e. The molecule has 1 N–H and O–H groups in total. The lowest BCUT2D eigenvalue weighted by Crippen LogP contribution is -2.27. The normalized spacial score (nSPS) is 10.5. The third kappa shape index (κ3) is 3.88. The van der Waals surface area contributed by atoms with Gasteiger partial charge in [-0.15, -0.1) is 0 Å². The van der Waals surface area contributed by atoms with Gasteiger partial charge in [0, 0.05) is 24.1 Å². The van der Waals surface area contributed by atoms with Crippen LogP contribution in [0.1, 0.15) is 27.3 Å². The van der Waals surface area contributed by atoms with Gasteiger partial charge in [0.15, 0.2) is 0 Å². The van der Waals surface area contributed by atoms with E-state index in [1.54, 1.807) is 18.0 Å². The number of carbonyl (C=O) groups excluding carboxylic acids is 1. The van der Waals surface area contributed by atoms with Crippen molar-refractivity contribution in [1.82, 2.24) is 9.97 Å². The molecule has 0 saturated carbocycles. The summed E-state index contributed by atoms with van der Waals surface area (Å²) in [7, 11) is 1.74. The van der Waals surface area contributed by atoms with Crippen LogP contribution in [-0.4, -0.2) is 22.9 Å². The van der Waals surface area contributed by atoms with Gasteiger partial charge < -0.3 is 10.2 Å². The van der Waals surface area contributed by atoms with Crippen LogP contribution in [0.5, 0.6) is 0 Å². The van der Waals surface area contributed by atoms with Crippen LogP contribution in [0, 0.1) is 20.8 Å². The molecule has 0 fully saturated rings. The minimum absolute atomic E-state index is 0.176. The fourth-order valence-corrected chi connectivity index (χ4v) is 2.75. The maximum Gasteiger partial charge on any atom is 0.276 e. The van der Waals surface area contributed by atoms with Crippen molar-refractivity contribution >= 4 is 23.2 Å². The van der Waals surface area contributed by atoms with E-state index in [-0.39, 0.29) is 5.91 Å². The first-order chi connectivity index (χ1) is 12.4. The lowest BCUT2D eigenvalue weighted by Gasteiger charge is -2.17. The van der Waals surface area contributed by atoms with Crippen LogP contribution in [0.4, 0.5) is 17.3 Å². The van der Waals surface area contributed by atoms with Crippen LogP contribution in [-0.2, 0) is 0 Å². The Kier molecular flexibility index (Phi) is 4.98. The predicted molar refractivity (Wildman–Crippen MR) is 105 cm³/mol. The van der Waals surface area contributed by atoms with E-state index in [1.165, 1.54) is 5.56 Å². The Hall–Kier alpha value is -3.21. The molecule has 0 radical (unpaired) electrons. The summed E-state index contributed by atoms with van der Waals surface area (Å²) in [5.41, 5.74) is 5.13. The lowest BCUT2D eigenvalue weighted by molar-refractivity contribution is 0.0988. The number of aryl methyl sites for hydroxylation is 3. The molecule has 26 heavy (non-hydrogen) atoms. The number of carbonyl (C=O) groups is 1. The topological polar surface area (TPSA) is 58.1 Å². The molecule has 0 unspecified atom stereocenters. The zero-order chi connectivity index (χ0) is 18.7. The zero-order valence-electron chi connectivity index (χ0n) is 15.4. The molecule has 0 spiro atoms. The molecule has 0 atom stereocenters. The highest BCUT2D eigenvalue weighted by molar-refractivity contribution is 6.04. The first-order valence-corrected chi connectivity index (χ1v) is 8.47. The Morgan fingerprint density at radius 2 is 1.69 bits per heavy atom. The Morgan fingerprint density at radius 3 is 2.38 bits per heavy atom. The van der Waals surface area contributed by atoms with Crippen molar-refractivity contribution in [2.24, 2.45) is 0 Å². The fourth-order valence-electron chi connectivity index (χ4n) is 2.75. The van der Waals surface area contributed by atoms with Crippen LogP contribution < -0.4 is 10.2 Å². The second-order valence-corrected chi connectivity index (χ2v) is 6.36. The molecule has 1 heterocycles. The SMILES string of the molecule is Cc1ccc(Nc2nc(C)cc(C(=O)N(C)c3ccccc3)n2)c(C)c1. The molecular weight excluding hydrogens is 324 g/mol. The standard InChI is InChI=1S/C21H22N4O/c1-14-10-11-18(15(2)12-14)23-21-22-16(3)13-19(24-21)20(26)25(4)17-8-6-5-7-9-17/h5-13H,1-4H3,(H,22,23,24). The molecule has 2 aromatic carbocycles. The summed E-state index contributed by atoms with van der Waals surface area (Å²) >= 11 is 0. The van der Waals surface area contributed by atoms with Gasteiger partial charge in [-0.3, -0.25) is 4.79 Å². The smallest absolute Gasteiger partial charge is 0.276 e. The van der Waals surface area contributed by atoms with Crippen molar-refractivity contribution in [1.29, 1.82) is 0 Å². The second kappa shape index (κ2) is 7.35. The van der Waals surface area contributed by atoms with E-state index >= 15 is 0 Å². The minimum atomic E-state index is -0.176. The van der Waals surface area contributed by atoms with E-state index < -0.39 is 0 Å². The Bertz CT molecular complexity index is 938. The summed E-state index contributed by atoms with van der Waals surface area (Å²) in [6.07, 6.45) is 0. The van der Waals surface area contributed by atoms with Gasteiger partial charge in [-0.2, -0.15) is 0 Å². The van der Waals surface area contributed by atoms with Crippen LogP contribution in [0.25, 0.3) is 0 Å². The van der Waals surface area contributed by atoms with E-state index in [9.17, 15) is 4.79 Å². The maximum atomic E-state index is 12.8. The summed E-state index contributed by atoms with van der Waals surface area (Å²) in [6.45, 7) is 5.94. The third-order valence-electron chi connectivity index (χ3n) is 4.15. The first kappa shape index (κ1) is 17.6. The Balaban J connectivity index is 1.89. The Labute approximate surface area is 153 Å². The van der Waals surface area contributed by atoms with Crippen LogP contribution in [0.3, 0.4) is 0 Å². The van der Waals surface area contributed by atoms with Gasteiger partial charge >= 0.3 is 0 Å². The first-order valence-electron chi connectivity index (χ1n) is 8.47. The lowest BCUT2D eigenvalue weighted by atomic mass is 10.1. The average Bonchev–Trinajstić information content (AvgIpc) is 2.63. The number of rotatable bonds is 4. The zero-order valence-corrected chi connectivity index (χ0v) is 15.4. The Morgan fingerprint density at radius 1 is 0.962 bits per heavy atom. The van der Waals surface area contributed by atoms with E-state index in [2.05, 4.69) is 28.3 Å². The van der Waals surface area contributed by atoms with Crippen molar-refractivity contribution < 1.29 is 4.79 Å². The number of para-hydroxylation sites is 1. The molecule has 0 bridgehead atoms. The number of benzene rings is 2. The summed E-state index contributed by atoms with van der Waals surface area (Å²) in [5.74, 6) is 0.243. The van der Waals surface area contributed by atoms with Gasteiger partial charge in [-0.25, -0.2) is 9.97 Å². The third-order valence-corrected chi connectivity index (χ3v) is 4.15. The molecule has 1 amide bonds. The van der Waals surface area contributed by atoms with Gasteiger partial charge in [-0.1, -0.05) is 35.9 Å². The van der Waals surface area contributed by atoms with Crippen molar-refractivity contribution in [2.75, 3.05) is 17.3 Å². The number of anilines is 3. The van der Waals surface area contributed by atoms with Crippen molar-refractivity contribution in [3.05, 3.63) is 77.1 Å². The highest BCUT2D eigenvalue weighted by atomic mass is 16.2. The minimum Gasteiger partial charge on any atom is -0.324 e. The second-order valence-electron chi connectivity index (χ2n) is 6.36. The number of hydrogen-bond acceptors (Lipinski definition) is 4. The van der Waals surface area contributed by atoms with E-state index in [4.69, 9.17) is 0 Å². The number of aromatic nitrogens is 2. The van der Waals surface area contributed by atoms with Gasteiger partial charge in [0.2, 0.25) is 5.95 Å². The van der Waals surface area contributed by atoms with Gasteiger partial charge in [0.1, 0.15) is 5.69 Å². The molecule has 5 nitrogen and oxygen atoms in total. The van der Waals surface area contributed by atoms with Crippen LogP contribution in [0.15, 0.2) is 54.6 Å². The number of amides is 1. The summed E-state index contributed by atoms with van der Waals surface area (Å²) in [4.78, 5) is 23.2. The number of hydrogen-bond donors (Lipinski definition) is 1. The molecule has 132 valence electrons. The van der Waals surface area contributed by atoms with Crippen molar-refractivity contribution in [3.63, 3.8) is 0 Å². The van der Waals surface area contributed by atoms with E-state index in [0.29, 0.717) is 11.6 Å². The summed E-state index contributed by atoms with van der Waals surface area (Å²) in [6, 6.07) is 17.3. The highest BCUT2D eigenvalue weighted by Gasteiger charge is 2.17. The summed E-state index contributed by atoms with van der Waals surface area (Å²) in [5, 5.41) is 3.22. The molecule has 3 rings (SSSR count). The van der Waals surface area contributed by atoms with Crippen LogP contribution >= 0.6 is 0 Å². The highest BCUT2D eigenvalue weighted by Crippen LogP contribution is 2.21. The van der Waals surface area contributed by atoms with Gasteiger partial charge in [-0.05, 0) is 50.6 Å². The molecule has 0 aliphatic carbocycles. The molecule has 5 heteroatoms. The van der Waals surface area contributed by atoms with E-state index in [1.807, 2.05) is 56.3 Å². The van der Waals surface area contributed by atoms with Crippen LogP contribution in [0.2, 0.25) is 0 Å². The van der Waals surface area contributed by atoms with Crippen molar-refractivity contribution in [2.45, 2.75) is 20.8 Å². The molecule has 0 aliphatic heterocycles. The maximum absolute atomic E-state index is 12.8. The molecular formula is C21H22N4O. The quantitative estimate of drug-likeness (QED) is 0.759. The van der Waals surface area contributed by atoms with E-state index in [0.717, 1.165) is 22.6 Å². The average molecular weight is 346 g/mol. The van der Waals surface area contributed by atoms with Gasteiger partial charge in [0.05, 0.1) is 0 Å². The predicted octanol–water partition coefficient (Wildman–Crippen LogP) is 4.42. The number of nitrogens with zero attached hydrogens (tertiary/aromatic N) is 3. The monoisotopic (exact) mass is 346 g/mol. The van der Waals surface area contributed by atoms with Gasteiger partial charge in [0.25, 0.3) is 5.91 Å². The fraction of sp³-hybridized carbons (Fsp3) is 0.190. The molecule has 3 aromatic rings. The molecule has 1 aromatic heterocycles.